The molecule has 0 atom stereocenters. The molecule has 0 saturated carbocycles. The van der Waals surface area contributed by atoms with Crippen molar-refractivity contribution in [1.29, 1.82) is 0 Å². The van der Waals surface area contributed by atoms with Gasteiger partial charge in [-0.1, -0.05) is 42.0 Å². The number of amides is 2. The van der Waals surface area contributed by atoms with Crippen molar-refractivity contribution in [2.24, 2.45) is 5.73 Å². The topological polar surface area (TPSA) is 66.6 Å². The molecule has 2 aromatic carbocycles. The van der Waals surface area contributed by atoms with Crippen molar-refractivity contribution in [3.8, 4) is 0 Å². The van der Waals surface area contributed by atoms with E-state index < -0.39 is 0 Å². The third kappa shape index (κ3) is 4.29. The van der Waals surface area contributed by atoms with Gasteiger partial charge in [0.05, 0.1) is 6.42 Å². The minimum Gasteiger partial charge on any atom is -0.339 e. The van der Waals surface area contributed by atoms with E-state index in [2.05, 4.69) is 0 Å². The first kappa shape index (κ1) is 18.1. The van der Waals surface area contributed by atoms with Crippen molar-refractivity contribution in [3.05, 3.63) is 70.8 Å². The number of carbonyl (C=O) groups excluding carboxylic acids is 2. The van der Waals surface area contributed by atoms with Crippen LogP contribution in [-0.2, 0) is 17.8 Å². The monoisotopic (exact) mass is 351 g/mol. The summed E-state index contributed by atoms with van der Waals surface area (Å²) in [6.07, 6.45) is 0.411. The van der Waals surface area contributed by atoms with Gasteiger partial charge in [0.15, 0.2) is 0 Å². The Kier molecular flexibility index (Phi) is 5.68. The molecule has 1 aliphatic heterocycles. The summed E-state index contributed by atoms with van der Waals surface area (Å²) in [4.78, 5) is 28.7. The highest BCUT2D eigenvalue weighted by Gasteiger charge is 2.24. The number of benzene rings is 2. The van der Waals surface area contributed by atoms with Gasteiger partial charge in [-0.3, -0.25) is 9.59 Å². The molecule has 0 bridgehead atoms. The van der Waals surface area contributed by atoms with Crippen molar-refractivity contribution in [3.63, 3.8) is 0 Å². The fourth-order valence-corrected chi connectivity index (χ4v) is 3.12. The second-order valence-corrected chi connectivity index (χ2v) is 6.74. The smallest absolute Gasteiger partial charge is 0.253 e. The quantitative estimate of drug-likeness (QED) is 0.916. The van der Waals surface area contributed by atoms with Crippen LogP contribution in [0.25, 0.3) is 0 Å². The molecule has 3 rings (SSSR count). The Hall–Kier alpha value is -2.66. The molecule has 0 radical (unpaired) electrons. The van der Waals surface area contributed by atoms with Crippen molar-refractivity contribution in [1.82, 2.24) is 9.80 Å². The summed E-state index contributed by atoms with van der Waals surface area (Å²) in [5.41, 5.74) is 9.48. The number of hydrogen-bond donors (Lipinski definition) is 1. The van der Waals surface area contributed by atoms with Gasteiger partial charge < -0.3 is 15.5 Å². The van der Waals surface area contributed by atoms with E-state index in [1.54, 1.807) is 0 Å². The van der Waals surface area contributed by atoms with Gasteiger partial charge in [-0.15, -0.1) is 0 Å². The van der Waals surface area contributed by atoms with Crippen LogP contribution in [-0.4, -0.2) is 47.8 Å². The van der Waals surface area contributed by atoms with E-state index in [9.17, 15) is 9.59 Å². The maximum Gasteiger partial charge on any atom is 0.253 e. The fourth-order valence-electron chi connectivity index (χ4n) is 3.12. The lowest BCUT2D eigenvalue weighted by Gasteiger charge is -2.35. The normalized spacial score (nSPS) is 14.4. The summed E-state index contributed by atoms with van der Waals surface area (Å²) in [6.45, 7) is 4.80. The third-order valence-electron chi connectivity index (χ3n) is 4.83. The lowest BCUT2D eigenvalue weighted by atomic mass is 10.1. The largest absolute Gasteiger partial charge is 0.339 e. The average molecular weight is 351 g/mol. The lowest BCUT2D eigenvalue weighted by molar-refractivity contribution is -0.131. The standard InChI is InChI=1S/C21H25N3O2/c1-16-2-4-17(5-3-16)14-20(25)23-10-12-24(13-11-23)21(26)19-8-6-18(15-22)7-9-19/h2-9H,10-15,22H2,1H3. The van der Waals surface area contributed by atoms with E-state index in [1.807, 2.05) is 65.3 Å². The molecule has 5 heteroatoms. The summed E-state index contributed by atoms with van der Waals surface area (Å²) in [5, 5.41) is 0. The Balaban J connectivity index is 1.53. The lowest BCUT2D eigenvalue weighted by Crippen LogP contribution is -2.51. The zero-order valence-electron chi connectivity index (χ0n) is 15.1. The molecular formula is C21H25N3O2. The van der Waals surface area contributed by atoms with Gasteiger partial charge in [0, 0.05) is 38.3 Å². The molecule has 0 spiro atoms. The molecule has 26 heavy (non-hydrogen) atoms. The van der Waals surface area contributed by atoms with Gasteiger partial charge in [0.25, 0.3) is 5.91 Å². The first-order valence-corrected chi connectivity index (χ1v) is 8.98. The summed E-state index contributed by atoms with van der Waals surface area (Å²) in [7, 11) is 0. The fraction of sp³-hybridized carbons (Fsp3) is 0.333. The highest BCUT2D eigenvalue weighted by molar-refractivity contribution is 5.94. The van der Waals surface area contributed by atoms with Gasteiger partial charge in [-0.2, -0.15) is 0 Å². The first-order valence-electron chi connectivity index (χ1n) is 8.98. The van der Waals surface area contributed by atoms with Crippen molar-refractivity contribution in [2.45, 2.75) is 19.9 Å². The highest BCUT2D eigenvalue weighted by Crippen LogP contribution is 2.12. The Labute approximate surface area is 154 Å². The SMILES string of the molecule is Cc1ccc(CC(=O)N2CCN(C(=O)c3ccc(CN)cc3)CC2)cc1. The minimum absolute atomic E-state index is 0.0132. The third-order valence-corrected chi connectivity index (χ3v) is 4.83. The van der Waals surface area contributed by atoms with Gasteiger partial charge in [0.1, 0.15) is 0 Å². The molecule has 1 aliphatic rings. The van der Waals surface area contributed by atoms with Crippen LogP contribution in [0.1, 0.15) is 27.0 Å². The molecule has 136 valence electrons. The van der Waals surface area contributed by atoms with Crippen LogP contribution >= 0.6 is 0 Å². The van der Waals surface area contributed by atoms with Crippen LogP contribution in [0.4, 0.5) is 0 Å². The second kappa shape index (κ2) is 8.15. The van der Waals surface area contributed by atoms with Crippen molar-refractivity contribution < 1.29 is 9.59 Å². The minimum atomic E-state index is 0.0132. The molecule has 1 fully saturated rings. The molecule has 0 unspecified atom stereocenters. The van der Waals surface area contributed by atoms with E-state index in [0.717, 1.165) is 11.1 Å². The predicted octanol–water partition coefficient (Wildman–Crippen LogP) is 1.98. The van der Waals surface area contributed by atoms with Gasteiger partial charge in [-0.25, -0.2) is 0 Å². The number of rotatable bonds is 4. The highest BCUT2D eigenvalue weighted by atomic mass is 16.2. The van der Waals surface area contributed by atoms with E-state index in [1.165, 1.54) is 5.56 Å². The number of piperazine rings is 1. The molecule has 5 nitrogen and oxygen atoms in total. The zero-order chi connectivity index (χ0) is 18.5. The molecule has 2 amide bonds. The number of nitrogens with zero attached hydrogens (tertiary/aromatic N) is 2. The zero-order valence-corrected chi connectivity index (χ0v) is 15.1. The number of aryl methyl sites for hydroxylation is 1. The van der Waals surface area contributed by atoms with Crippen LogP contribution in [0, 0.1) is 6.92 Å². The molecule has 2 aromatic rings. The van der Waals surface area contributed by atoms with Crippen LogP contribution in [0.3, 0.4) is 0 Å². The van der Waals surface area contributed by atoms with Crippen molar-refractivity contribution in [2.75, 3.05) is 26.2 Å². The predicted molar refractivity (Wildman–Crippen MR) is 102 cm³/mol. The van der Waals surface area contributed by atoms with Crippen LogP contribution in [0.15, 0.2) is 48.5 Å². The Morgan fingerprint density at radius 3 is 1.96 bits per heavy atom. The summed E-state index contributed by atoms with van der Waals surface area (Å²) in [5.74, 6) is 0.132. The Morgan fingerprint density at radius 2 is 1.38 bits per heavy atom. The van der Waals surface area contributed by atoms with Gasteiger partial charge in [0.2, 0.25) is 5.91 Å². The van der Waals surface area contributed by atoms with Crippen LogP contribution < -0.4 is 5.73 Å². The number of carbonyl (C=O) groups is 2. The number of nitrogens with two attached hydrogens (primary N) is 1. The molecule has 1 saturated heterocycles. The Bertz CT molecular complexity index is 761. The van der Waals surface area contributed by atoms with Gasteiger partial charge >= 0.3 is 0 Å². The molecule has 2 N–H and O–H groups in total. The first-order chi connectivity index (χ1) is 12.6. The molecule has 0 aromatic heterocycles. The van der Waals surface area contributed by atoms with Crippen LogP contribution in [0.2, 0.25) is 0 Å². The van der Waals surface area contributed by atoms with E-state index in [-0.39, 0.29) is 11.8 Å². The number of hydrogen-bond acceptors (Lipinski definition) is 3. The second-order valence-electron chi connectivity index (χ2n) is 6.74. The molecular weight excluding hydrogens is 326 g/mol. The molecule has 1 heterocycles. The van der Waals surface area contributed by atoms with Crippen molar-refractivity contribution >= 4 is 11.8 Å². The molecule has 0 aliphatic carbocycles. The summed E-state index contributed by atoms with van der Waals surface area (Å²) < 4.78 is 0. The van der Waals surface area contributed by atoms with E-state index in [4.69, 9.17) is 5.73 Å². The Morgan fingerprint density at radius 1 is 0.846 bits per heavy atom. The maximum atomic E-state index is 12.6. The summed E-state index contributed by atoms with van der Waals surface area (Å²) in [6, 6.07) is 15.4. The average Bonchev–Trinajstić information content (AvgIpc) is 2.69. The van der Waals surface area contributed by atoms with E-state index in [0.29, 0.717) is 44.7 Å². The van der Waals surface area contributed by atoms with E-state index >= 15 is 0 Å². The van der Waals surface area contributed by atoms with Crippen LogP contribution in [0.5, 0.6) is 0 Å². The summed E-state index contributed by atoms with van der Waals surface area (Å²) >= 11 is 0. The van der Waals surface area contributed by atoms with Gasteiger partial charge in [-0.05, 0) is 30.2 Å². The maximum absolute atomic E-state index is 12.6.